The minimum Gasteiger partial charge on any atom is -0.300 e. The highest BCUT2D eigenvalue weighted by molar-refractivity contribution is 9.10. The highest BCUT2D eigenvalue weighted by Crippen LogP contribution is 2.33. The van der Waals surface area contributed by atoms with Crippen molar-refractivity contribution < 1.29 is 9.59 Å². The maximum absolute atomic E-state index is 12.1. The summed E-state index contributed by atoms with van der Waals surface area (Å²) < 4.78 is 1.79. The molecule has 2 aromatic rings. The molecule has 0 bridgehead atoms. The number of benzene rings is 2. The van der Waals surface area contributed by atoms with Crippen LogP contribution in [0.4, 0.5) is 5.69 Å². The molecule has 2 aromatic carbocycles. The Balaban J connectivity index is 2.01. The predicted molar refractivity (Wildman–Crippen MR) is 83.8 cm³/mol. The summed E-state index contributed by atoms with van der Waals surface area (Å²) in [5.74, 6) is -0.916. The summed E-state index contributed by atoms with van der Waals surface area (Å²) in [7, 11) is 0. The molecule has 1 aliphatic rings. The number of nitrogens with zero attached hydrogens (tertiary/aromatic N) is 1. The number of fused-ring (bicyclic) bond motifs is 1. The third-order valence-corrected chi connectivity index (χ3v) is 4.15. The van der Waals surface area contributed by atoms with Gasteiger partial charge in [0.1, 0.15) is 0 Å². The number of ketones is 1. The minimum absolute atomic E-state index is 0.382. The first-order valence-electron chi connectivity index (χ1n) is 5.96. The minimum atomic E-state index is -0.474. The average Bonchev–Trinajstić information content (AvgIpc) is 2.64. The summed E-state index contributed by atoms with van der Waals surface area (Å²) >= 11 is 6.78. The van der Waals surface area contributed by atoms with E-state index in [2.05, 4.69) is 31.9 Å². The highest BCUT2D eigenvalue weighted by atomic mass is 79.9. The number of amides is 1. The molecular weight excluding hydrogens is 386 g/mol. The largest absolute Gasteiger partial charge is 0.300 e. The zero-order valence-corrected chi connectivity index (χ0v) is 13.4. The highest BCUT2D eigenvalue weighted by Gasteiger charge is 2.35. The van der Waals surface area contributed by atoms with Gasteiger partial charge in [-0.2, -0.15) is 0 Å². The second-order valence-corrected chi connectivity index (χ2v) is 6.34. The third kappa shape index (κ3) is 2.31. The fourth-order valence-electron chi connectivity index (χ4n) is 2.24. The first-order valence-corrected chi connectivity index (χ1v) is 7.55. The van der Waals surface area contributed by atoms with Crippen LogP contribution < -0.4 is 4.90 Å². The van der Waals surface area contributed by atoms with Crippen LogP contribution >= 0.6 is 31.9 Å². The summed E-state index contributed by atoms with van der Waals surface area (Å²) in [4.78, 5) is 25.6. The smallest absolute Gasteiger partial charge is 0.299 e. The van der Waals surface area contributed by atoms with Crippen molar-refractivity contribution in [2.75, 3.05) is 4.90 Å². The van der Waals surface area contributed by atoms with E-state index in [1.807, 2.05) is 24.3 Å². The number of hydrogen-bond donors (Lipinski definition) is 0. The van der Waals surface area contributed by atoms with Gasteiger partial charge in [-0.3, -0.25) is 9.59 Å². The van der Waals surface area contributed by atoms with E-state index in [-0.39, 0.29) is 0 Å². The van der Waals surface area contributed by atoms with Crippen LogP contribution in [-0.4, -0.2) is 11.7 Å². The molecule has 0 fully saturated rings. The molecule has 0 aromatic heterocycles. The van der Waals surface area contributed by atoms with Gasteiger partial charge >= 0.3 is 0 Å². The van der Waals surface area contributed by atoms with Gasteiger partial charge < -0.3 is 4.90 Å². The monoisotopic (exact) mass is 393 g/mol. The van der Waals surface area contributed by atoms with E-state index in [0.29, 0.717) is 17.8 Å². The standard InChI is InChI=1S/C15H9Br2NO2/c16-10-3-1-2-9(6-10)8-18-13-7-11(17)4-5-12(13)14(19)15(18)20/h1-7H,8H2. The van der Waals surface area contributed by atoms with Gasteiger partial charge in [-0.15, -0.1) is 0 Å². The molecule has 1 amide bonds. The molecule has 5 heteroatoms. The van der Waals surface area contributed by atoms with Crippen LogP contribution in [-0.2, 0) is 11.3 Å². The molecule has 3 rings (SSSR count). The zero-order chi connectivity index (χ0) is 14.3. The van der Waals surface area contributed by atoms with Gasteiger partial charge in [-0.25, -0.2) is 0 Å². The number of carbonyl (C=O) groups is 2. The van der Waals surface area contributed by atoms with Crippen molar-refractivity contribution in [2.45, 2.75) is 6.54 Å². The van der Waals surface area contributed by atoms with Crippen LogP contribution in [0.25, 0.3) is 0 Å². The van der Waals surface area contributed by atoms with Crippen LogP contribution in [0.2, 0.25) is 0 Å². The Labute approximate surface area is 132 Å². The summed E-state index contributed by atoms with van der Waals surface area (Å²) in [6, 6.07) is 12.9. The zero-order valence-electron chi connectivity index (χ0n) is 10.3. The lowest BCUT2D eigenvalue weighted by Gasteiger charge is -2.17. The molecule has 0 radical (unpaired) electrons. The number of hydrogen-bond acceptors (Lipinski definition) is 2. The lowest BCUT2D eigenvalue weighted by Crippen LogP contribution is -2.29. The van der Waals surface area contributed by atoms with Crippen LogP contribution in [0.5, 0.6) is 0 Å². The van der Waals surface area contributed by atoms with Crippen molar-refractivity contribution in [3.8, 4) is 0 Å². The number of carbonyl (C=O) groups excluding carboxylic acids is 2. The molecule has 1 heterocycles. The number of Topliss-reactive ketones (excluding diaryl/α,β-unsaturated/α-hetero) is 1. The second kappa shape index (κ2) is 5.14. The Hall–Kier alpha value is -1.46. The number of rotatable bonds is 2. The van der Waals surface area contributed by atoms with Gasteiger partial charge in [0.2, 0.25) is 0 Å². The van der Waals surface area contributed by atoms with E-state index in [1.54, 1.807) is 18.2 Å². The molecule has 3 nitrogen and oxygen atoms in total. The van der Waals surface area contributed by atoms with Crippen molar-refractivity contribution in [1.82, 2.24) is 0 Å². The van der Waals surface area contributed by atoms with Gasteiger partial charge in [-0.05, 0) is 35.9 Å². The van der Waals surface area contributed by atoms with E-state index < -0.39 is 11.7 Å². The molecule has 0 N–H and O–H groups in total. The lowest BCUT2D eigenvalue weighted by atomic mass is 10.1. The fourth-order valence-corrected chi connectivity index (χ4v) is 3.04. The third-order valence-electron chi connectivity index (χ3n) is 3.16. The van der Waals surface area contributed by atoms with Crippen molar-refractivity contribution in [2.24, 2.45) is 0 Å². The van der Waals surface area contributed by atoms with E-state index in [1.165, 1.54) is 4.90 Å². The first kappa shape index (κ1) is 13.5. The summed E-state index contributed by atoms with van der Waals surface area (Å²) in [5.41, 5.74) is 2.09. The van der Waals surface area contributed by atoms with Crippen LogP contribution in [0.3, 0.4) is 0 Å². The molecule has 0 spiro atoms. The van der Waals surface area contributed by atoms with E-state index >= 15 is 0 Å². The average molecular weight is 395 g/mol. The molecule has 0 unspecified atom stereocenters. The molecule has 20 heavy (non-hydrogen) atoms. The molecule has 0 saturated carbocycles. The van der Waals surface area contributed by atoms with E-state index in [0.717, 1.165) is 14.5 Å². The predicted octanol–water partition coefficient (Wildman–Crippen LogP) is 3.94. The molecular formula is C15H9Br2NO2. The summed E-state index contributed by atoms with van der Waals surface area (Å²) in [6.45, 7) is 0.382. The lowest BCUT2D eigenvalue weighted by molar-refractivity contribution is -0.114. The Bertz CT molecular complexity index is 728. The fraction of sp³-hybridized carbons (Fsp3) is 0.0667. The van der Waals surface area contributed by atoms with Crippen LogP contribution in [0.1, 0.15) is 15.9 Å². The topological polar surface area (TPSA) is 37.4 Å². The number of halogens is 2. The quantitative estimate of drug-likeness (QED) is 0.723. The van der Waals surface area contributed by atoms with Crippen LogP contribution in [0.15, 0.2) is 51.4 Å². The van der Waals surface area contributed by atoms with E-state index in [9.17, 15) is 9.59 Å². The van der Waals surface area contributed by atoms with E-state index in [4.69, 9.17) is 0 Å². The van der Waals surface area contributed by atoms with Gasteiger partial charge in [0, 0.05) is 8.95 Å². The van der Waals surface area contributed by atoms with Gasteiger partial charge in [0.15, 0.2) is 0 Å². The molecule has 0 aliphatic carbocycles. The van der Waals surface area contributed by atoms with Crippen molar-refractivity contribution in [3.05, 3.63) is 62.5 Å². The summed E-state index contributed by atoms with van der Waals surface area (Å²) in [5, 5.41) is 0. The molecule has 0 saturated heterocycles. The normalized spacial score (nSPS) is 13.8. The van der Waals surface area contributed by atoms with Gasteiger partial charge in [0.25, 0.3) is 11.7 Å². The molecule has 0 atom stereocenters. The Morgan fingerprint density at radius 1 is 0.950 bits per heavy atom. The Morgan fingerprint density at radius 2 is 1.70 bits per heavy atom. The Kier molecular flexibility index (Phi) is 3.48. The second-order valence-electron chi connectivity index (χ2n) is 4.51. The SMILES string of the molecule is O=C1C(=O)N(Cc2cccc(Br)c2)c2cc(Br)ccc21. The van der Waals surface area contributed by atoms with Gasteiger partial charge in [-0.1, -0.05) is 44.0 Å². The van der Waals surface area contributed by atoms with Crippen molar-refractivity contribution in [3.63, 3.8) is 0 Å². The number of anilines is 1. The maximum atomic E-state index is 12.1. The first-order chi connectivity index (χ1) is 9.56. The summed E-state index contributed by atoms with van der Waals surface area (Å²) in [6.07, 6.45) is 0. The molecule has 1 aliphatic heterocycles. The van der Waals surface area contributed by atoms with Crippen molar-refractivity contribution in [1.29, 1.82) is 0 Å². The Morgan fingerprint density at radius 3 is 2.45 bits per heavy atom. The van der Waals surface area contributed by atoms with Crippen LogP contribution in [0, 0.1) is 0 Å². The van der Waals surface area contributed by atoms with Gasteiger partial charge in [0.05, 0.1) is 17.8 Å². The molecule has 100 valence electrons. The van der Waals surface area contributed by atoms with Crippen molar-refractivity contribution >= 4 is 49.2 Å². The maximum Gasteiger partial charge on any atom is 0.299 e.